The summed E-state index contributed by atoms with van der Waals surface area (Å²) in [5.74, 6) is -0.695. The summed E-state index contributed by atoms with van der Waals surface area (Å²) in [6.07, 6.45) is 3.74. The van der Waals surface area contributed by atoms with Crippen molar-refractivity contribution in [3.05, 3.63) is 40.7 Å². The number of thiophene rings is 1. The molecule has 0 unspecified atom stereocenters. The molecule has 1 atom stereocenters. The summed E-state index contributed by atoms with van der Waals surface area (Å²) in [4.78, 5) is 20.8. The van der Waals surface area contributed by atoms with Gasteiger partial charge in [0, 0.05) is 67.8 Å². The third-order valence-electron chi connectivity index (χ3n) is 8.55. The molecular weight excluding hydrogens is 534 g/mol. The van der Waals surface area contributed by atoms with Crippen molar-refractivity contribution in [2.45, 2.75) is 32.6 Å². The molecule has 3 aliphatic heterocycles. The summed E-state index contributed by atoms with van der Waals surface area (Å²) in [5, 5.41) is 10.8. The van der Waals surface area contributed by atoms with Crippen LogP contribution in [0.15, 0.2) is 12.4 Å². The van der Waals surface area contributed by atoms with E-state index in [4.69, 9.17) is 15.5 Å². The maximum absolute atomic E-state index is 16.6. The molecule has 6 heterocycles. The van der Waals surface area contributed by atoms with E-state index >= 15 is 4.39 Å². The highest BCUT2D eigenvalue weighted by atomic mass is 32.1. The summed E-state index contributed by atoms with van der Waals surface area (Å²) in [6, 6.07) is 2.46. The normalized spacial score (nSPS) is 20.1. The van der Waals surface area contributed by atoms with E-state index in [0.717, 1.165) is 75.3 Å². The first-order valence-electron chi connectivity index (χ1n) is 13.5. The van der Waals surface area contributed by atoms with Gasteiger partial charge in [-0.25, -0.2) is 18.7 Å². The largest absolute Gasteiger partial charge is 0.389 e. The van der Waals surface area contributed by atoms with Crippen LogP contribution in [0.25, 0.3) is 32.2 Å². The van der Waals surface area contributed by atoms with E-state index in [1.54, 1.807) is 6.20 Å². The molecule has 1 aromatic carbocycles. The van der Waals surface area contributed by atoms with Gasteiger partial charge in [-0.1, -0.05) is 6.92 Å². The van der Waals surface area contributed by atoms with Crippen molar-refractivity contribution in [1.29, 1.82) is 5.26 Å². The number of benzene rings is 1. The van der Waals surface area contributed by atoms with Crippen LogP contribution in [0.1, 0.15) is 30.0 Å². The van der Waals surface area contributed by atoms with Gasteiger partial charge in [0.25, 0.3) is 0 Å². The van der Waals surface area contributed by atoms with Crippen LogP contribution in [0, 0.1) is 23.0 Å². The third kappa shape index (κ3) is 3.91. The summed E-state index contributed by atoms with van der Waals surface area (Å²) in [7, 11) is 0. The first-order valence-corrected chi connectivity index (χ1v) is 14.4. The average molecular weight is 563 g/mol. The Kier molecular flexibility index (Phi) is 6.27. The lowest BCUT2D eigenvalue weighted by Crippen LogP contribution is -2.50. The van der Waals surface area contributed by atoms with E-state index < -0.39 is 11.6 Å². The molecule has 3 aliphatic rings. The molecule has 2 saturated heterocycles. The van der Waals surface area contributed by atoms with E-state index in [0.29, 0.717) is 22.9 Å². The number of nitrogens with zero attached hydrogens (tertiary/aromatic N) is 7. The summed E-state index contributed by atoms with van der Waals surface area (Å²) >= 11 is 0.962. The van der Waals surface area contributed by atoms with Crippen molar-refractivity contribution in [1.82, 2.24) is 24.8 Å². The van der Waals surface area contributed by atoms with Gasteiger partial charge in [0.1, 0.15) is 16.6 Å². The number of fused-ring (bicyclic) bond motifs is 4. The number of ether oxygens (including phenoxy) is 1. The smallest absolute Gasteiger partial charge is 0.226 e. The van der Waals surface area contributed by atoms with Gasteiger partial charge in [-0.15, -0.1) is 11.3 Å². The number of rotatable bonds is 4. The molecule has 0 amide bonds. The van der Waals surface area contributed by atoms with Gasteiger partial charge in [0.05, 0.1) is 35.4 Å². The number of likely N-dealkylation sites (N-methyl/N-ethyl adjacent to an activating group) is 1. The fraction of sp³-hybridized carbons (Fsp3) is 0.429. The number of aromatic nitrogens is 3. The number of hydrogen-bond donors (Lipinski definition) is 1. The first-order chi connectivity index (χ1) is 19.5. The Morgan fingerprint density at radius 2 is 1.93 bits per heavy atom. The predicted molar refractivity (Wildman–Crippen MR) is 150 cm³/mol. The highest BCUT2D eigenvalue weighted by Crippen LogP contribution is 2.45. The van der Waals surface area contributed by atoms with E-state index in [-0.39, 0.29) is 50.6 Å². The summed E-state index contributed by atoms with van der Waals surface area (Å²) < 4.78 is 37.2. The van der Waals surface area contributed by atoms with Gasteiger partial charge in [-0.3, -0.25) is 9.88 Å². The second kappa shape index (κ2) is 9.85. The number of pyridine rings is 1. The van der Waals surface area contributed by atoms with Crippen molar-refractivity contribution in [3.8, 4) is 17.3 Å². The SMILES string of the molecule is CCN1CCN([C@H]2CCN(c3ncc4c5c(c(-c6ncc(F)c7sc(N)c(C#N)c67)c(F)c4n3)COC5)C2)CC1. The van der Waals surface area contributed by atoms with Crippen molar-refractivity contribution in [2.75, 3.05) is 56.4 Å². The predicted octanol–water partition coefficient (Wildman–Crippen LogP) is 3.88. The molecule has 0 bridgehead atoms. The monoisotopic (exact) mass is 562 g/mol. The maximum atomic E-state index is 16.6. The van der Waals surface area contributed by atoms with Crippen molar-refractivity contribution in [2.24, 2.45) is 0 Å². The van der Waals surface area contributed by atoms with Crippen LogP contribution in [-0.2, 0) is 18.0 Å². The fourth-order valence-corrected chi connectivity index (χ4v) is 7.28. The van der Waals surface area contributed by atoms with E-state index in [1.807, 2.05) is 6.07 Å². The van der Waals surface area contributed by atoms with Crippen molar-refractivity contribution >= 4 is 43.3 Å². The van der Waals surface area contributed by atoms with Crippen LogP contribution in [0.2, 0.25) is 0 Å². The molecule has 9 nitrogen and oxygen atoms in total. The Bertz CT molecular complexity index is 1690. The number of anilines is 2. The van der Waals surface area contributed by atoms with Crippen LogP contribution < -0.4 is 10.6 Å². The molecule has 4 aromatic rings. The van der Waals surface area contributed by atoms with Crippen molar-refractivity contribution in [3.63, 3.8) is 0 Å². The molecule has 0 radical (unpaired) electrons. The molecule has 0 spiro atoms. The van der Waals surface area contributed by atoms with E-state index in [9.17, 15) is 9.65 Å². The molecule has 0 saturated carbocycles. The maximum Gasteiger partial charge on any atom is 0.226 e. The van der Waals surface area contributed by atoms with Gasteiger partial charge in [-0.2, -0.15) is 5.26 Å². The standard InChI is InChI=1S/C28H28F2N8OS/c1-2-36-5-7-37(8-6-36)15-3-4-38(12-15)28-34-10-17-18-13-39-14-19(18)21(23(30)24(17)35-28)25-22-16(9-31)27(32)40-26(22)20(29)11-33-25/h10-11,15H,2-8,12-14,32H2,1H3/t15-/m0/s1. The molecule has 40 heavy (non-hydrogen) atoms. The molecule has 12 heteroatoms. The third-order valence-corrected chi connectivity index (χ3v) is 9.58. The first kappa shape index (κ1) is 25.5. The minimum Gasteiger partial charge on any atom is -0.389 e. The van der Waals surface area contributed by atoms with Crippen LogP contribution in [-0.4, -0.2) is 76.6 Å². The topological polar surface area (TPSA) is 107 Å². The molecular formula is C28H28F2N8OS. The highest BCUT2D eigenvalue weighted by molar-refractivity contribution is 7.23. The van der Waals surface area contributed by atoms with Crippen LogP contribution in [0.4, 0.5) is 19.7 Å². The lowest BCUT2D eigenvalue weighted by Gasteiger charge is -2.37. The lowest BCUT2D eigenvalue weighted by molar-refractivity contribution is 0.107. The zero-order valence-corrected chi connectivity index (χ0v) is 22.9. The zero-order valence-electron chi connectivity index (χ0n) is 22.1. The van der Waals surface area contributed by atoms with Gasteiger partial charge < -0.3 is 20.3 Å². The number of hydrogen-bond acceptors (Lipinski definition) is 10. The number of piperazine rings is 1. The molecule has 3 aromatic heterocycles. The highest BCUT2D eigenvalue weighted by Gasteiger charge is 2.33. The Labute approximate surface area is 233 Å². The molecule has 0 aliphatic carbocycles. The number of halogens is 2. The Morgan fingerprint density at radius 1 is 1.12 bits per heavy atom. The van der Waals surface area contributed by atoms with Crippen LogP contribution >= 0.6 is 11.3 Å². The van der Waals surface area contributed by atoms with E-state index in [1.165, 1.54) is 0 Å². The summed E-state index contributed by atoms with van der Waals surface area (Å²) in [5.41, 5.74) is 8.06. The molecule has 206 valence electrons. The number of nitrogens with two attached hydrogens (primary N) is 1. The Hall–Kier alpha value is -3.50. The van der Waals surface area contributed by atoms with Gasteiger partial charge in [-0.05, 0) is 24.1 Å². The van der Waals surface area contributed by atoms with Crippen molar-refractivity contribution < 1.29 is 13.5 Å². The minimum absolute atomic E-state index is 0.0976. The molecule has 7 rings (SSSR count). The second-order valence-corrected chi connectivity index (χ2v) is 11.6. The van der Waals surface area contributed by atoms with Crippen LogP contribution in [0.5, 0.6) is 0 Å². The lowest BCUT2D eigenvalue weighted by atomic mass is 9.94. The van der Waals surface area contributed by atoms with E-state index in [2.05, 4.69) is 31.6 Å². The van der Waals surface area contributed by atoms with Gasteiger partial charge >= 0.3 is 0 Å². The second-order valence-electron chi connectivity index (χ2n) is 10.5. The number of nitriles is 1. The fourth-order valence-electron chi connectivity index (χ4n) is 6.36. The summed E-state index contributed by atoms with van der Waals surface area (Å²) in [6.45, 7) is 9.56. The number of nitrogen functional groups attached to an aromatic ring is 1. The molecule has 2 N–H and O–H groups in total. The quantitative estimate of drug-likeness (QED) is 0.396. The van der Waals surface area contributed by atoms with Crippen LogP contribution in [0.3, 0.4) is 0 Å². The zero-order chi connectivity index (χ0) is 27.5. The minimum atomic E-state index is -0.602. The average Bonchev–Trinajstić information content (AvgIpc) is 3.73. The molecule has 2 fully saturated rings. The Morgan fingerprint density at radius 3 is 2.70 bits per heavy atom. The van der Waals surface area contributed by atoms with Gasteiger partial charge in [0.2, 0.25) is 5.95 Å². The van der Waals surface area contributed by atoms with Gasteiger partial charge in [0.15, 0.2) is 11.6 Å². The Balaban J connectivity index is 1.31.